The van der Waals surface area contributed by atoms with Crippen molar-refractivity contribution in [2.24, 2.45) is 0 Å². The molecule has 2 aromatic heterocycles. The van der Waals surface area contributed by atoms with Crippen molar-refractivity contribution >= 4 is 5.91 Å². The molecule has 1 aromatic carbocycles. The Bertz CT molecular complexity index is 1000. The van der Waals surface area contributed by atoms with Gasteiger partial charge in [0.1, 0.15) is 11.5 Å². The highest BCUT2D eigenvalue weighted by atomic mass is 16.5. The van der Waals surface area contributed by atoms with Crippen molar-refractivity contribution in [1.82, 2.24) is 14.9 Å². The van der Waals surface area contributed by atoms with E-state index in [2.05, 4.69) is 9.97 Å². The number of ether oxygens (including phenoxy) is 2. The van der Waals surface area contributed by atoms with Crippen LogP contribution in [0.5, 0.6) is 11.6 Å². The predicted molar refractivity (Wildman–Crippen MR) is 111 cm³/mol. The maximum absolute atomic E-state index is 12.9. The second kappa shape index (κ2) is 8.98. The number of carbonyl (C=O) groups is 1. The molecule has 1 atom stereocenters. The fourth-order valence-electron chi connectivity index (χ4n) is 3.80. The van der Waals surface area contributed by atoms with Crippen molar-refractivity contribution in [3.05, 3.63) is 71.6 Å². The van der Waals surface area contributed by atoms with E-state index in [-0.39, 0.29) is 11.8 Å². The Kier molecular flexibility index (Phi) is 5.97. The first-order valence-corrected chi connectivity index (χ1v) is 10.0. The zero-order chi connectivity index (χ0) is 20.9. The smallest absolute Gasteiger partial charge is 0.255 e. The molecule has 0 aliphatic carbocycles. The van der Waals surface area contributed by atoms with E-state index in [1.165, 1.54) is 0 Å². The summed E-state index contributed by atoms with van der Waals surface area (Å²) in [6, 6.07) is 11.3. The standard InChI is InChI=1S/C23H25N3O4/c1-28-20-8-4-3-6-16(20)12-19-14-25-22(30-19)18-7-5-11-26(15-18)23(27)17-9-10-21(29-2)24-13-17/h3-4,6,8-10,13-14,18H,5,7,11-12,15H2,1-2H3/t18-/m0/s1. The number of para-hydroxylation sites is 1. The molecule has 0 saturated carbocycles. The van der Waals surface area contributed by atoms with Gasteiger partial charge < -0.3 is 18.8 Å². The highest BCUT2D eigenvalue weighted by molar-refractivity contribution is 5.94. The SMILES string of the molecule is COc1ccc(C(=O)N2CCC[C@H](c3ncc(Cc4ccccc4OC)o3)C2)cn1. The van der Waals surface area contributed by atoms with Crippen LogP contribution in [0.2, 0.25) is 0 Å². The Morgan fingerprint density at radius 2 is 2.00 bits per heavy atom. The predicted octanol–water partition coefficient (Wildman–Crippen LogP) is 3.70. The zero-order valence-electron chi connectivity index (χ0n) is 17.2. The molecule has 1 fully saturated rings. The van der Waals surface area contributed by atoms with E-state index >= 15 is 0 Å². The number of methoxy groups -OCH3 is 2. The van der Waals surface area contributed by atoms with E-state index in [4.69, 9.17) is 13.9 Å². The topological polar surface area (TPSA) is 77.7 Å². The summed E-state index contributed by atoms with van der Waals surface area (Å²) in [5.74, 6) is 2.85. The minimum absolute atomic E-state index is 0.0318. The van der Waals surface area contributed by atoms with Gasteiger partial charge in [-0.3, -0.25) is 4.79 Å². The van der Waals surface area contributed by atoms with Crippen LogP contribution in [0.1, 0.15) is 46.3 Å². The summed E-state index contributed by atoms with van der Waals surface area (Å²) < 4.78 is 16.5. The zero-order valence-corrected chi connectivity index (χ0v) is 17.2. The van der Waals surface area contributed by atoms with Crippen LogP contribution in [-0.4, -0.2) is 48.1 Å². The number of oxazole rings is 1. The van der Waals surface area contributed by atoms with Gasteiger partial charge in [-0.05, 0) is 25.0 Å². The van der Waals surface area contributed by atoms with Crippen molar-refractivity contribution in [1.29, 1.82) is 0 Å². The molecule has 0 N–H and O–H groups in total. The average molecular weight is 407 g/mol. The van der Waals surface area contributed by atoms with E-state index < -0.39 is 0 Å². The molecule has 0 unspecified atom stereocenters. The second-order valence-electron chi connectivity index (χ2n) is 7.33. The number of amides is 1. The van der Waals surface area contributed by atoms with E-state index in [0.717, 1.165) is 36.5 Å². The van der Waals surface area contributed by atoms with Crippen molar-refractivity contribution in [2.75, 3.05) is 27.3 Å². The molecule has 3 aromatic rings. The summed E-state index contributed by atoms with van der Waals surface area (Å²) >= 11 is 0. The Morgan fingerprint density at radius 1 is 1.13 bits per heavy atom. The van der Waals surface area contributed by atoms with Crippen LogP contribution < -0.4 is 9.47 Å². The number of pyridine rings is 1. The summed E-state index contributed by atoms with van der Waals surface area (Å²) in [6.45, 7) is 1.30. The fourth-order valence-corrected chi connectivity index (χ4v) is 3.80. The van der Waals surface area contributed by atoms with Crippen LogP contribution in [0.3, 0.4) is 0 Å². The van der Waals surface area contributed by atoms with Gasteiger partial charge in [0.25, 0.3) is 5.91 Å². The molecule has 156 valence electrons. The van der Waals surface area contributed by atoms with Gasteiger partial charge in [0, 0.05) is 37.3 Å². The molecule has 1 aliphatic heterocycles. The normalized spacial score (nSPS) is 16.3. The van der Waals surface area contributed by atoms with Gasteiger partial charge in [0.15, 0.2) is 5.89 Å². The molecule has 0 bridgehead atoms. The number of rotatable bonds is 6. The van der Waals surface area contributed by atoms with Gasteiger partial charge in [0.2, 0.25) is 5.88 Å². The van der Waals surface area contributed by atoms with E-state index in [1.807, 2.05) is 29.2 Å². The summed E-state index contributed by atoms with van der Waals surface area (Å²) in [5, 5.41) is 0. The van der Waals surface area contributed by atoms with Gasteiger partial charge in [-0.15, -0.1) is 0 Å². The lowest BCUT2D eigenvalue weighted by molar-refractivity contribution is 0.0697. The Hall–Kier alpha value is -3.35. The van der Waals surface area contributed by atoms with Crippen molar-refractivity contribution in [3.63, 3.8) is 0 Å². The van der Waals surface area contributed by atoms with Gasteiger partial charge in [-0.1, -0.05) is 18.2 Å². The molecular formula is C23H25N3O4. The van der Waals surface area contributed by atoms with Crippen LogP contribution in [0.4, 0.5) is 0 Å². The van der Waals surface area contributed by atoms with Gasteiger partial charge in [-0.2, -0.15) is 0 Å². The van der Waals surface area contributed by atoms with Gasteiger partial charge in [-0.25, -0.2) is 9.97 Å². The quantitative estimate of drug-likeness (QED) is 0.620. The first-order valence-electron chi connectivity index (χ1n) is 10.0. The summed E-state index contributed by atoms with van der Waals surface area (Å²) in [6.07, 6.45) is 5.80. The lowest BCUT2D eigenvalue weighted by atomic mass is 9.97. The van der Waals surface area contributed by atoms with Crippen LogP contribution in [-0.2, 0) is 6.42 Å². The summed E-state index contributed by atoms with van der Waals surface area (Å²) in [7, 11) is 3.22. The number of benzene rings is 1. The first kappa shape index (κ1) is 19.9. The second-order valence-corrected chi connectivity index (χ2v) is 7.33. The summed E-state index contributed by atoms with van der Waals surface area (Å²) in [5.41, 5.74) is 1.61. The molecule has 0 radical (unpaired) electrons. The fraction of sp³-hybridized carbons (Fsp3) is 0.348. The monoisotopic (exact) mass is 407 g/mol. The number of piperidine rings is 1. The van der Waals surface area contributed by atoms with E-state index in [9.17, 15) is 4.79 Å². The Balaban J connectivity index is 1.44. The lowest BCUT2D eigenvalue weighted by Crippen LogP contribution is -2.39. The van der Waals surface area contributed by atoms with Gasteiger partial charge in [0.05, 0.1) is 31.9 Å². The van der Waals surface area contributed by atoms with Crippen molar-refractivity contribution < 1.29 is 18.7 Å². The summed E-state index contributed by atoms with van der Waals surface area (Å²) in [4.78, 5) is 23.4. The number of likely N-dealkylation sites (tertiary alicyclic amines) is 1. The first-order chi connectivity index (χ1) is 14.7. The van der Waals surface area contributed by atoms with Crippen LogP contribution in [0.25, 0.3) is 0 Å². The highest BCUT2D eigenvalue weighted by Crippen LogP contribution is 2.29. The number of carbonyl (C=O) groups excluding carboxylic acids is 1. The number of nitrogens with zero attached hydrogens (tertiary/aromatic N) is 3. The largest absolute Gasteiger partial charge is 0.496 e. The molecule has 7 nitrogen and oxygen atoms in total. The molecule has 4 rings (SSSR count). The lowest BCUT2D eigenvalue weighted by Gasteiger charge is -2.31. The van der Waals surface area contributed by atoms with Crippen LogP contribution in [0.15, 0.2) is 53.2 Å². The number of aromatic nitrogens is 2. The maximum Gasteiger partial charge on any atom is 0.255 e. The molecule has 0 spiro atoms. The molecule has 30 heavy (non-hydrogen) atoms. The minimum Gasteiger partial charge on any atom is -0.496 e. The van der Waals surface area contributed by atoms with E-state index in [1.54, 1.807) is 38.7 Å². The maximum atomic E-state index is 12.9. The Morgan fingerprint density at radius 3 is 2.77 bits per heavy atom. The van der Waals surface area contributed by atoms with Crippen LogP contribution in [0, 0.1) is 0 Å². The van der Waals surface area contributed by atoms with Gasteiger partial charge >= 0.3 is 0 Å². The van der Waals surface area contributed by atoms with Crippen molar-refractivity contribution in [2.45, 2.75) is 25.2 Å². The van der Waals surface area contributed by atoms with Crippen LogP contribution >= 0.6 is 0 Å². The van der Waals surface area contributed by atoms with Crippen molar-refractivity contribution in [3.8, 4) is 11.6 Å². The number of hydrogen-bond donors (Lipinski definition) is 0. The molecule has 7 heteroatoms. The Labute approximate surface area is 175 Å². The molecule has 1 aliphatic rings. The third-order valence-electron chi connectivity index (χ3n) is 5.38. The number of hydrogen-bond acceptors (Lipinski definition) is 6. The third-order valence-corrected chi connectivity index (χ3v) is 5.38. The van der Waals surface area contributed by atoms with E-state index in [0.29, 0.717) is 30.3 Å². The molecule has 1 amide bonds. The highest BCUT2D eigenvalue weighted by Gasteiger charge is 2.28. The molecular weight excluding hydrogens is 382 g/mol. The average Bonchev–Trinajstić information content (AvgIpc) is 3.27. The minimum atomic E-state index is -0.0318. The third kappa shape index (κ3) is 4.30. The molecule has 1 saturated heterocycles. The molecule has 3 heterocycles.